The van der Waals surface area contributed by atoms with E-state index in [1.54, 1.807) is 41.7 Å². The standard InChI is InChI=1S/C38H42F2N6O8S/c1-21(2)54-35(49)31(17-23-11-14-24(20-41-23)46-34(48)26-9-7-8-10-32(26)45(6)37(46)51)43-33(47)27-18-29(40)30(19-28(27)39)44-55(52,53)25-15-12-22(13-16-25)42-36(50)38(3,4)5/h11-16,18-21,31,44H,7-10,17H2,1-6H3,(H,42,50)(H,43,47)/t31-/m0/s1. The van der Waals surface area contributed by atoms with Crippen LogP contribution in [0.4, 0.5) is 20.2 Å². The van der Waals surface area contributed by atoms with Crippen molar-refractivity contribution in [3.63, 3.8) is 0 Å². The second-order valence-electron chi connectivity index (χ2n) is 14.5. The van der Waals surface area contributed by atoms with Crippen molar-refractivity contribution in [2.75, 3.05) is 10.0 Å². The van der Waals surface area contributed by atoms with Crippen molar-refractivity contribution in [1.82, 2.24) is 19.4 Å². The number of hydrogen-bond acceptors (Lipinski definition) is 9. The highest BCUT2D eigenvalue weighted by molar-refractivity contribution is 7.92. The number of nitrogens with one attached hydrogen (secondary N) is 3. The molecule has 2 aromatic carbocycles. The second-order valence-corrected chi connectivity index (χ2v) is 16.2. The lowest BCUT2D eigenvalue weighted by atomic mass is 9.95. The number of sulfonamides is 1. The van der Waals surface area contributed by atoms with E-state index in [1.165, 1.54) is 47.2 Å². The van der Waals surface area contributed by atoms with Gasteiger partial charge in [-0.05, 0) is 82.0 Å². The molecule has 1 atom stereocenters. The van der Waals surface area contributed by atoms with Crippen LogP contribution in [0.3, 0.4) is 0 Å². The highest BCUT2D eigenvalue weighted by Gasteiger charge is 2.28. The molecule has 2 amide bonds. The predicted octanol–water partition coefficient (Wildman–Crippen LogP) is 4.17. The van der Waals surface area contributed by atoms with Crippen molar-refractivity contribution >= 4 is 39.2 Å². The van der Waals surface area contributed by atoms with Gasteiger partial charge in [-0.15, -0.1) is 0 Å². The highest BCUT2D eigenvalue weighted by Crippen LogP contribution is 2.25. The van der Waals surface area contributed by atoms with Crippen LogP contribution < -0.4 is 26.6 Å². The Morgan fingerprint density at radius 3 is 2.25 bits per heavy atom. The Hall–Kier alpha value is -5.71. The largest absolute Gasteiger partial charge is 0.461 e. The molecule has 0 fully saturated rings. The lowest BCUT2D eigenvalue weighted by Crippen LogP contribution is -2.44. The summed E-state index contributed by atoms with van der Waals surface area (Å²) < 4.78 is 66.3. The van der Waals surface area contributed by atoms with E-state index in [4.69, 9.17) is 4.74 Å². The van der Waals surface area contributed by atoms with Crippen LogP contribution >= 0.6 is 0 Å². The Morgan fingerprint density at radius 1 is 0.964 bits per heavy atom. The van der Waals surface area contributed by atoms with Crippen molar-refractivity contribution in [3.05, 3.63) is 110 Å². The minimum atomic E-state index is -4.44. The van der Waals surface area contributed by atoms with Crippen molar-refractivity contribution in [2.24, 2.45) is 12.5 Å². The molecule has 0 radical (unpaired) electrons. The number of nitrogens with zero attached hydrogens (tertiary/aromatic N) is 3. The molecule has 0 saturated carbocycles. The number of aromatic nitrogens is 3. The van der Waals surface area contributed by atoms with Crippen molar-refractivity contribution in [1.29, 1.82) is 0 Å². The van der Waals surface area contributed by atoms with Gasteiger partial charge in [-0.3, -0.25) is 24.1 Å². The topological polar surface area (TPSA) is 188 Å². The van der Waals surface area contributed by atoms with Crippen molar-refractivity contribution in [2.45, 2.75) is 83.8 Å². The number of halogens is 2. The Labute approximate surface area is 316 Å². The average molecular weight is 781 g/mol. The van der Waals surface area contributed by atoms with E-state index < -0.39 is 73.6 Å². The van der Waals surface area contributed by atoms with Crippen LogP contribution in [0.5, 0.6) is 0 Å². The third kappa shape index (κ3) is 9.16. The number of fused-ring (bicyclic) bond motifs is 1. The van der Waals surface area contributed by atoms with E-state index in [0.29, 0.717) is 41.9 Å². The van der Waals surface area contributed by atoms with E-state index in [2.05, 4.69) is 15.6 Å². The fourth-order valence-electron chi connectivity index (χ4n) is 5.87. The third-order valence-electron chi connectivity index (χ3n) is 8.85. The van der Waals surface area contributed by atoms with Crippen LogP contribution in [-0.4, -0.2) is 52.5 Å². The van der Waals surface area contributed by atoms with Gasteiger partial charge in [0.25, 0.3) is 21.5 Å². The fraction of sp³-hybridized carbons (Fsp3) is 0.368. The van der Waals surface area contributed by atoms with E-state index >= 15 is 8.78 Å². The summed E-state index contributed by atoms with van der Waals surface area (Å²) in [5.74, 6) is -4.99. The maximum absolute atomic E-state index is 15.3. The smallest absolute Gasteiger partial charge is 0.335 e. The van der Waals surface area contributed by atoms with E-state index in [9.17, 15) is 32.4 Å². The summed E-state index contributed by atoms with van der Waals surface area (Å²) in [6.45, 7) is 8.28. The SMILES string of the molecule is CC(C)OC(=O)[C@H](Cc1ccc(-n2c(=O)c3c(n(C)c2=O)CCCC3)cn1)NC(=O)c1cc(F)c(NS(=O)(=O)c2ccc(NC(=O)C(C)(C)C)cc2)cc1F. The maximum atomic E-state index is 15.3. The number of pyridine rings is 1. The number of carbonyl (C=O) groups excluding carboxylic acids is 3. The number of anilines is 2. The molecule has 55 heavy (non-hydrogen) atoms. The molecule has 2 heterocycles. The number of rotatable bonds is 11. The predicted molar refractivity (Wildman–Crippen MR) is 200 cm³/mol. The lowest BCUT2D eigenvalue weighted by molar-refractivity contribution is -0.149. The minimum Gasteiger partial charge on any atom is -0.461 e. The number of amides is 2. The van der Waals surface area contributed by atoms with Crippen LogP contribution in [0.15, 0.2) is 69.2 Å². The molecule has 14 nitrogen and oxygen atoms in total. The molecule has 1 aliphatic carbocycles. The summed E-state index contributed by atoms with van der Waals surface area (Å²) in [4.78, 5) is 69.0. The van der Waals surface area contributed by atoms with Gasteiger partial charge in [-0.1, -0.05) is 20.8 Å². The van der Waals surface area contributed by atoms with Gasteiger partial charge in [0, 0.05) is 47.6 Å². The fourth-order valence-corrected chi connectivity index (χ4v) is 6.92. The van der Waals surface area contributed by atoms with Gasteiger partial charge in [0.15, 0.2) is 0 Å². The van der Waals surface area contributed by atoms with Crippen LogP contribution in [0.2, 0.25) is 0 Å². The molecule has 0 spiro atoms. The summed E-state index contributed by atoms with van der Waals surface area (Å²) in [7, 11) is -2.84. The second kappa shape index (κ2) is 15.9. The van der Waals surface area contributed by atoms with E-state index in [0.717, 1.165) is 17.4 Å². The first kappa shape index (κ1) is 40.5. The minimum absolute atomic E-state index is 0.197. The normalized spacial score (nSPS) is 13.5. The molecule has 3 N–H and O–H groups in total. The quantitative estimate of drug-likeness (QED) is 0.188. The molecule has 0 aliphatic heterocycles. The zero-order valence-electron chi connectivity index (χ0n) is 31.2. The summed E-state index contributed by atoms with van der Waals surface area (Å²) in [5, 5.41) is 5.00. The number of hydrogen-bond donors (Lipinski definition) is 3. The van der Waals surface area contributed by atoms with Gasteiger partial charge < -0.3 is 19.9 Å². The van der Waals surface area contributed by atoms with Gasteiger partial charge in [0.2, 0.25) is 5.91 Å². The number of ether oxygens (including phenoxy) is 1. The van der Waals surface area contributed by atoms with Crippen LogP contribution in [0.25, 0.3) is 5.69 Å². The third-order valence-corrected chi connectivity index (χ3v) is 10.2. The van der Waals surface area contributed by atoms with Crippen LogP contribution in [-0.2, 0) is 50.7 Å². The molecule has 1 aliphatic rings. The molecule has 0 saturated heterocycles. The van der Waals surface area contributed by atoms with Crippen LogP contribution in [0, 0.1) is 17.0 Å². The molecule has 0 bridgehead atoms. The number of benzene rings is 2. The first-order chi connectivity index (χ1) is 25.8. The zero-order valence-corrected chi connectivity index (χ0v) is 32.0. The highest BCUT2D eigenvalue weighted by atomic mass is 32.2. The Balaban J connectivity index is 1.33. The van der Waals surface area contributed by atoms with Gasteiger partial charge in [0.1, 0.15) is 17.7 Å². The van der Waals surface area contributed by atoms with E-state index in [-0.39, 0.29) is 28.6 Å². The van der Waals surface area contributed by atoms with E-state index in [1.807, 2.05) is 4.72 Å². The van der Waals surface area contributed by atoms with Crippen LogP contribution in [0.1, 0.15) is 74.8 Å². The molecule has 4 aromatic rings. The Morgan fingerprint density at radius 2 is 1.64 bits per heavy atom. The monoisotopic (exact) mass is 780 g/mol. The average Bonchev–Trinajstić information content (AvgIpc) is 3.12. The lowest BCUT2D eigenvalue weighted by Gasteiger charge is -2.21. The Kier molecular flexibility index (Phi) is 11.7. The summed E-state index contributed by atoms with van der Waals surface area (Å²) in [6, 6.07) is 7.49. The van der Waals surface area contributed by atoms with Gasteiger partial charge in [0.05, 0.1) is 34.1 Å². The molecule has 0 unspecified atom stereocenters. The van der Waals surface area contributed by atoms with Gasteiger partial charge >= 0.3 is 11.7 Å². The number of carbonyl (C=O) groups is 3. The summed E-state index contributed by atoms with van der Waals surface area (Å²) in [6.07, 6.45) is 3.30. The molecular formula is C38H42F2N6O8S. The molecule has 5 rings (SSSR count). The van der Waals surface area contributed by atoms with Gasteiger partial charge in [-0.25, -0.2) is 31.4 Å². The molecule has 2 aromatic heterocycles. The number of esters is 1. The van der Waals surface area contributed by atoms with Crippen molar-refractivity contribution in [3.8, 4) is 5.69 Å². The first-order valence-electron chi connectivity index (χ1n) is 17.5. The van der Waals surface area contributed by atoms with Gasteiger partial charge in [-0.2, -0.15) is 0 Å². The first-order valence-corrected chi connectivity index (χ1v) is 19.0. The maximum Gasteiger partial charge on any atom is 0.335 e. The molecule has 292 valence electrons. The zero-order chi connectivity index (χ0) is 40.4. The molecular weight excluding hydrogens is 739 g/mol. The summed E-state index contributed by atoms with van der Waals surface area (Å²) >= 11 is 0. The Bertz CT molecular complexity index is 2370. The molecule has 17 heteroatoms. The van der Waals surface area contributed by atoms with Crippen molar-refractivity contribution < 1.29 is 36.3 Å². The summed E-state index contributed by atoms with van der Waals surface area (Å²) in [5.41, 5.74) is -1.24.